The van der Waals surface area contributed by atoms with Gasteiger partial charge >= 0.3 is 0 Å². The van der Waals surface area contributed by atoms with E-state index in [1.807, 2.05) is 10.9 Å². The molecule has 0 N–H and O–H groups in total. The molecule has 3 nitrogen and oxygen atoms in total. The second-order valence-electron chi connectivity index (χ2n) is 3.35. The SMILES string of the molecule is CSc1ncn(C(C)(C)C)n1. The molecule has 1 heterocycles. The lowest BCUT2D eigenvalue weighted by Gasteiger charge is -2.17. The van der Waals surface area contributed by atoms with Gasteiger partial charge in [-0.15, -0.1) is 5.10 Å². The molecule has 0 fully saturated rings. The van der Waals surface area contributed by atoms with Crippen LogP contribution >= 0.6 is 11.8 Å². The van der Waals surface area contributed by atoms with Crippen LogP contribution in [0.3, 0.4) is 0 Å². The average Bonchev–Trinajstić information content (AvgIpc) is 2.32. The van der Waals surface area contributed by atoms with Gasteiger partial charge in [-0.1, -0.05) is 11.8 Å². The third-order valence-electron chi connectivity index (χ3n) is 1.34. The first-order valence-corrected chi connectivity index (χ1v) is 4.72. The maximum Gasteiger partial charge on any atom is 0.208 e. The minimum Gasteiger partial charge on any atom is -0.247 e. The fourth-order valence-electron chi connectivity index (χ4n) is 0.665. The Hall–Kier alpha value is -0.510. The van der Waals surface area contributed by atoms with E-state index < -0.39 is 0 Å². The van der Waals surface area contributed by atoms with E-state index in [-0.39, 0.29) is 5.54 Å². The van der Waals surface area contributed by atoms with Gasteiger partial charge in [0, 0.05) is 0 Å². The van der Waals surface area contributed by atoms with Crippen molar-refractivity contribution in [2.24, 2.45) is 0 Å². The summed E-state index contributed by atoms with van der Waals surface area (Å²) in [6.07, 6.45) is 3.74. The zero-order valence-electron chi connectivity index (χ0n) is 7.33. The lowest BCUT2D eigenvalue weighted by molar-refractivity contribution is 0.350. The van der Waals surface area contributed by atoms with Crippen molar-refractivity contribution >= 4 is 11.8 Å². The van der Waals surface area contributed by atoms with Crippen LogP contribution in [-0.2, 0) is 5.54 Å². The summed E-state index contributed by atoms with van der Waals surface area (Å²) in [6, 6.07) is 0. The van der Waals surface area contributed by atoms with Gasteiger partial charge in [-0.05, 0) is 27.0 Å². The Morgan fingerprint density at radius 3 is 2.36 bits per heavy atom. The quantitative estimate of drug-likeness (QED) is 0.603. The topological polar surface area (TPSA) is 30.7 Å². The molecule has 0 bridgehead atoms. The Bertz CT molecular complexity index is 236. The second kappa shape index (κ2) is 2.85. The number of nitrogens with zero attached hydrogens (tertiary/aromatic N) is 3. The molecule has 0 saturated heterocycles. The molecule has 4 heteroatoms. The monoisotopic (exact) mass is 171 g/mol. The van der Waals surface area contributed by atoms with Gasteiger partial charge in [0.25, 0.3) is 0 Å². The molecule has 0 aliphatic rings. The summed E-state index contributed by atoms with van der Waals surface area (Å²) in [6.45, 7) is 6.31. The van der Waals surface area contributed by atoms with Crippen molar-refractivity contribution in [3.05, 3.63) is 6.33 Å². The Kier molecular flexibility index (Phi) is 2.23. The Morgan fingerprint density at radius 1 is 1.45 bits per heavy atom. The highest BCUT2D eigenvalue weighted by molar-refractivity contribution is 7.98. The molecular weight excluding hydrogens is 158 g/mol. The Balaban J connectivity index is 2.89. The predicted molar refractivity (Wildman–Crippen MR) is 46.8 cm³/mol. The summed E-state index contributed by atoms with van der Waals surface area (Å²) < 4.78 is 1.87. The van der Waals surface area contributed by atoms with Gasteiger partial charge in [-0.2, -0.15) is 0 Å². The van der Waals surface area contributed by atoms with Crippen LogP contribution in [0.4, 0.5) is 0 Å². The smallest absolute Gasteiger partial charge is 0.208 e. The summed E-state index contributed by atoms with van der Waals surface area (Å²) >= 11 is 1.56. The van der Waals surface area contributed by atoms with Crippen LogP contribution in [0, 0.1) is 0 Å². The van der Waals surface area contributed by atoms with Crippen molar-refractivity contribution in [3.8, 4) is 0 Å². The summed E-state index contributed by atoms with van der Waals surface area (Å²) in [5, 5.41) is 5.10. The highest BCUT2D eigenvalue weighted by Crippen LogP contribution is 2.14. The van der Waals surface area contributed by atoms with Gasteiger partial charge < -0.3 is 0 Å². The maximum atomic E-state index is 4.27. The minimum atomic E-state index is 0.0426. The van der Waals surface area contributed by atoms with E-state index >= 15 is 0 Å². The van der Waals surface area contributed by atoms with Gasteiger partial charge in [0.2, 0.25) is 5.16 Å². The van der Waals surface area contributed by atoms with Crippen LogP contribution in [0.2, 0.25) is 0 Å². The Morgan fingerprint density at radius 2 is 2.09 bits per heavy atom. The van der Waals surface area contributed by atoms with E-state index in [9.17, 15) is 0 Å². The number of aromatic nitrogens is 3. The predicted octanol–water partition coefficient (Wildman–Crippen LogP) is 1.75. The average molecular weight is 171 g/mol. The molecule has 1 aromatic heterocycles. The van der Waals surface area contributed by atoms with Crippen molar-refractivity contribution < 1.29 is 0 Å². The summed E-state index contributed by atoms with van der Waals surface area (Å²) in [5.41, 5.74) is 0.0426. The zero-order chi connectivity index (χ0) is 8.48. The van der Waals surface area contributed by atoms with Crippen molar-refractivity contribution in [1.82, 2.24) is 14.8 Å². The number of hydrogen-bond donors (Lipinski definition) is 0. The fraction of sp³-hybridized carbons (Fsp3) is 0.714. The number of hydrogen-bond acceptors (Lipinski definition) is 3. The second-order valence-corrected chi connectivity index (χ2v) is 4.12. The van der Waals surface area contributed by atoms with Crippen LogP contribution < -0.4 is 0 Å². The van der Waals surface area contributed by atoms with E-state index in [4.69, 9.17) is 0 Å². The molecule has 0 unspecified atom stereocenters. The minimum absolute atomic E-state index is 0.0426. The summed E-state index contributed by atoms with van der Waals surface area (Å²) in [5.74, 6) is 0. The molecular formula is C7H13N3S. The Labute approximate surface area is 71.2 Å². The molecule has 62 valence electrons. The van der Waals surface area contributed by atoms with Gasteiger partial charge in [-0.3, -0.25) is 0 Å². The largest absolute Gasteiger partial charge is 0.247 e. The first kappa shape index (κ1) is 8.59. The lowest BCUT2D eigenvalue weighted by Crippen LogP contribution is -2.22. The van der Waals surface area contributed by atoms with Crippen molar-refractivity contribution in [3.63, 3.8) is 0 Å². The molecule has 11 heavy (non-hydrogen) atoms. The molecule has 0 aliphatic heterocycles. The number of rotatable bonds is 1. The van der Waals surface area contributed by atoms with Crippen LogP contribution in [0.1, 0.15) is 20.8 Å². The van der Waals surface area contributed by atoms with Crippen LogP contribution in [0.25, 0.3) is 0 Å². The molecule has 0 atom stereocenters. The van der Waals surface area contributed by atoms with Crippen LogP contribution in [-0.4, -0.2) is 21.0 Å². The summed E-state index contributed by atoms with van der Waals surface area (Å²) in [7, 11) is 0. The van der Waals surface area contributed by atoms with Gasteiger partial charge in [0.1, 0.15) is 6.33 Å². The van der Waals surface area contributed by atoms with Gasteiger partial charge in [0.05, 0.1) is 5.54 Å². The van der Waals surface area contributed by atoms with Crippen LogP contribution in [0.5, 0.6) is 0 Å². The molecule has 0 amide bonds. The molecule has 0 spiro atoms. The zero-order valence-corrected chi connectivity index (χ0v) is 8.14. The van der Waals surface area contributed by atoms with Crippen LogP contribution in [0.15, 0.2) is 11.5 Å². The van der Waals surface area contributed by atoms with E-state index in [1.165, 1.54) is 0 Å². The van der Waals surface area contributed by atoms with Crippen molar-refractivity contribution in [2.75, 3.05) is 6.26 Å². The standard InChI is InChI=1S/C7H13N3S/c1-7(2,3)10-5-8-6(9-10)11-4/h5H,1-4H3. The highest BCUT2D eigenvalue weighted by Gasteiger charge is 2.14. The van der Waals surface area contributed by atoms with Gasteiger partial charge in [-0.25, -0.2) is 9.67 Å². The maximum absolute atomic E-state index is 4.27. The molecule has 0 saturated carbocycles. The third-order valence-corrected chi connectivity index (χ3v) is 1.89. The third kappa shape index (κ3) is 1.96. The number of thioether (sulfide) groups is 1. The molecule has 0 aliphatic carbocycles. The van der Waals surface area contributed by atoms with Crippen molar-refractivity contribution in [2.45, 2.75) is 31.5 Å². The highest BCUT2D eigenvalue weighted by atomic mass is 32.2. The van der Waals surface area contributed by atoms with E-state index in [0.29, 0.717) is 0 Å². The molecule has 0 radical (unpaired) electrons. The van der Waals surface area contributed by atoms with E-state index in [1.54, 1.807) is 18.1 Å². The van der Waals surface area contributed by atoms with E-state index in [0.717, 1.165) is 5.16 Å². The van der Waals surface area contributed by atoms with Gasteiger partial charge in [0.15, 0.2) is 0 Å². The molecule has 0 aromatic carbocycles. The normalized spacial score (nSPS) is 12.0. The van der Waals surface area contributed by atoms with Crippen molar-refractivity contribution in [1.29, 1.82) is 0 Å². The first-order valence-electron chi connectivity index (χ1n) is 3.50. The first-order chi connectivity index (χ1) is 5.04. The molecule has 1 rings (SSSR count). The fourth-order valence-corrected chi connectivity index (χ4v) is 0.987. The van der Waals surface area contributed by atoms with E-state index in [2.05, 4.69) is 30.9 Å². The lowest BCUT2D eigenvalue weighted by atomic mass is 10.1. The summed E-state index contributed by atoms with van der Waals surface area (Å²) in [4.78, 5) is 4.12. The molecule has 1 aromatic rings.